The third-order valence-corrected chi connectivity index (χ3v) is 4.73. The highest BCUT2D eigenvalue weighted by Gasteiger charge is 2.22. The van der Waals surface area contributed by atoms with E-state index in [0.29, 0.717) is 12.5 Å². The Balaban J connectivity index is 1.85. The first-order valence-corrected chi connectivity index (χ1v) is 8.18. The number of nitrogens with one attached hydrogen (secondary N) is 1. The third kappa shape index (κ3) is 3.14. The molecule has 0 radical (unpaired) electrons. The van der Waals surface area contributed by atoms with Crippen molar-refractivity contribution < 1.29 is 4.79 Å². The molecule has 1 aromatic heterocycles. The average Bonchev–Trinajstić information content (AvgIpc) is 3.12. The van der Waals surface area contributed by atoms with Crippen LogP contribution in [0.3, 0.4) is 0 Å². The first-order valence-electron chi connectivity index (χ1n) is 8.18. The molecule has 2 aromatic rings. The van der Waals surface area contributed by atoms with Crippen molar-refractivity contribution in [3.05, 3.63) is 41.6 Å². The Hall–Kier alpha value is -1.87. The van der Waals surface area contributed by atoms with Crippen molar-refractivity contribution in [2.75, 3.05) is 13.6 Å². The first-order chi connectivity index (χ1) is 10.7. The normalized spacial score (nSPS) is 19.5. The summed E-state index contributed by atoms with van der Waals surface area (Å²) in [6.07, 6.45) is 9.98. The van der Waals surface area contributed by atoms with Crippen molar-refractivity contribution >= 4 is 22.8 Å². The first kappa shape index (κ1) is 15.0. The molecule has 0 saturated carbocycles. The van der Waals surface area contributed by atoms with Gasteiger partial charge in [0.25, 0.3) is 0 Å². The smallest absolute Gasteiger partial charge is 0.155 e. The zero-order chi connectivity index (χ0) is 15.5. The van der Waals surface area contributed by atoms with Crippen LogP contribution in [0.1, 0.15) is 37.3 Å². The summed E-state index contributed by atoms with van der Waals surface area (Å²) in [7, 11) is 2.22. The predicted molar refractivity (Wildman–Crippen MR) is 92.0 cm³/mol. The van der Waals surface area contributed by atoms with Crippen molar-refractivity contribution in [3.8, 4) is 0 Å². The second kappa shape index (κ2) is 6.49. The maximum Gasteiger partial charge on any atom is 0.155 e. The number of fused-ring (bicyclic) bond motifs is 1. The van der Waals surface area contributed by atoms with Crippen LogP contribution in [-0.4, -0.2) is 35.3 Å². The zero-order valence-corrected chi connectivity index (χ0v) is 13.4. The summed E-state index contributed by atoms with van der Waals surface area (Å²) in [5.74, 6) is 0.168. The Morgan fingerprint density at radius 3 is 3.05 bits per heavy atom. The molecule has 1 aliphatic rings. The largest absolute Gasteiger partial charge is 0.361 e. The Morgan fingerprint density at radius 2 is 2.32 bits per heavy atom. The van der Waals surface area contributed by atoms with Gasteiger partial charge in [0.15, 0.2) is 5.78 Å². The van der Waals surface area contributed by atoms with Gasteiger partial charge in [-0.3, -0.25) is 4.79 Å². The number of likely N-dealkylation sites (tertiary alicyclic amines) is 1. The van der Waals surface area contributed by atoms with Crippen LogP contribution < -0.4 is 0 Å². The van der Waals surface area contributed by atoms with Gasteiger partial charge in [-0.2, -0.15) is 0 Å². The Kier molecular flexibility index (Phi) is 4.44. The number of benzene rings is 1. The lowest BCUT2D eigenvalue weighted by Gasteiger charge is -2.18. The summed E-state index contributed by atoms with van der Waals surface area (Å²) in [6.45, 7) is 3.10. The molecule has 0 aliphatic carbocycles. The summed E-state index contributed by atoms with van der Waals surface area (Å²) in [6, 6.07) is 7.01. The molecule has 0 amide bonds. The van der Waals surface area contributed by atoms with Gasteiger partial charge in [-0.25, -0.2) is 0 Å². The van der Waals surface area contributed by atoms with Gasteiger partial charge in [0.05, 0.1) is 0 Å². The number of allylic oxidation sites excluding steroid dienone is 1. The minimum absolute atomic E-state index is 0.168. The number of nitrogens with zero attached hydrogens (tertiary/aromatic N) is 1. The molecule has 116 valence electrons. The van der Waals surface area contributed by atoms with Crippen LogP contribution in [-0.2, 0) is 11.2 Å². The number of aromatic nitrogens is 1. The Morgan fingerprint density at radius 1 is 1.45 bits per heavy atom. The average molecular weight is 296 g/mol. The highest BCUT2D eigenvalue weighted by Crippen LogP contribution is 2.25. The second-order valence-corrected chi connectivity index (χ2v) is 6.25. The van der Waals surface area contributed by atoms with E-state index in [1.807, 2.05) is 13.0 Å². The summed E-state index contributed by atoms with van der Waals surface area (Å²) >= 11 is 0. The molecular formula is C19H24N2O. The van der Waals surface area contributed by atoms with Crippen LogP contribution >= 0.6 is 0 Å². The van der Waals surface area contributed by atoms with Crippen LogP contribution in [0.4, 0.5) is 0 Å². The third-order valence-electron chi connectivity index (χ3n) is 4.73. The highest BCUT2D eigenvalue weighted by atomic mass is 16.1. The molecule has 22 heavy (non-hydrogen) atoms. The molecule has 3 heteroatoms. The predicted octanol–water partition coefficient (Wildman–Crippen LogP) is 3.80. The van der Waals surface area contributed by atoms with Gasteiger partial charge in [0.1, 0.15) is 0 Å². The number of likely N-dealkylation sites (N-methyl/N-ethyl adjacent to an activating group) is 1. The van der Waals surface area contributed by atoms with Crippen LogP contribution in [0.5, 0.6) is 0 Å². The van der Waals surface area contributed by atoms with Crippen molar-refractivity contribution in [2.24, 2.45) is 0 Å². The van der Waals surface area contributed by atoms with Gasteiger partial charge in [-0.15, -0.1) is 0 Å². The molecule has 1 atom stereocenters. The Bertz CT molecular complexity index is 699. The van der Waals surface area contributed by atoms with Crippen molar-refractivity contribution in [1.82, 2.24) is 9.88 Å². The van der Waals surface area contributed by atoms with Crippen LogP contribution in [0.15, 0.2) is 30.5 Å². The van der Waals surface area contributed by atoms with E-state index < -0.39 is 0 Å². The molecule has 0 bridgehead atoms. The zero-order valence-electron chi connectivity index (χ0n) is 13.4. The fraction of sp³-hybridized carbons (Fsp3) is 0.421. The Labute approximate surface area is 132 Å². The van der Waals surface area contributed by atoms with Crippen molar-refractivity contribution in [3.63, 3.8) is 0 Å². The topological polar surface area (TPSA) is 36.1 Å². The lowest BCUT2D eigenvalue weighted by atomic mass is 10.0. The number of H-pyrrole nitrogens is 1. The monoisotopic (exact) mass is 296 g/mol. The molecule has 0 spiro atoms. The summed E-state index contributed by atoms with van der Waals surface area (Å²) in [5, 5.41) is 1.28. The summed E-state index contributed by atoms with van der Waals surface area (Å²) in [4.78, 5) is 17.3. The van der Waals surface area contributed by atoms with Gasteiger partial charge in [0.2, 0.25) is 0 Å². The molecule has 3 rings (SSSR count). The minimum atomic E-state index is 0.168. The number of carbonyl (C=O) groups is 1. The van der Waals surface area contributed by atoms with Gasteiger partial charge in [0, 0.05) is 29.6 Å². The summed E-state index contributed by atoms with van der Waals surface area (Å²) < 4.78 is 0. The molecule has 0 unspecified atom stereocenters. The maximum absolute atomic E-state index is 11.4. The van der Waals surface area contributed by atoms with E-state index in [4.69, 9.17) is 0 Å². The van der Waals surface area contributed by atoms with Gasteiger partial charge >= 0.3 is 0 Å². The molecule has 1 aromatic carbocycles. The SMILES string of the molecule is CCC(=O)C=Cc1ccc2[nH]cc(C[C@H]3CCCN3C)c2c1. The number of rotatable bonds is 5. The second-order valence-electron chi connectivity index (χ2n) is 6.25. The fourth-order valence-corrected chi connectivity index (χ4v) is 3.27. The minimum Gasteiger partial charge on any atom is -0.361 e. The van der Waals surface area contributed by atoms with Crippen LogP contribution in [0.25, 0.3) is 17.0 Å². The lowest BCUT2D eigenvalue weighted by Crippen LogP contribution is -2.26. The van der Waals surface area contributed by atoms with Crippen molar-refractivity contribution in [2.45, 2.75) is 38.6 Å². The van der Waals surface area contributed by atoms with Gasteiger partial charge in [-0.1, -0.05) is 19.1 Å². The van der Waals surface area contributed by atoms with Gasteiger partial charge in [-0.05, 0) is 62.2 Å². The molecule has 1 aliphatic heterocycles. The van der Waals surface area contributed by atoms with E-state index in [1.165, 1.54) is 35.9 Å². The quantitative estimate of drug-likeness (QED) is 0.852. The van der Waals surface area contributed by atoms with E-state index in [1.54, 1.807) is 6.08 Å². The number of carbonyl (C=O) groups excluding carboxylic acids is 1. The summed E-state index contributed by atoms with van der Waals surface area (Å²) in [5.41, 5.74) is 3.65. The standard InChI is InChI=1S/C19H24N2O/c1-3-17(22)8-6-14-7-9-19-18(11-14)15(13-20-19)12-16-5-4-10-21(16)2/h6-9,11,13,16,20H,3-5,10,12H2,1-2H3/t16-/m1/s1. The molecule has 2 heterocycles. The van der Waals surface area contributed by atoms with E-state index >= 15 is 0 Å². The number of hydrogen-bond acceptors (Lipinski definition) is 2. The number of hydrogen-bond donors (Lipinski definition) is 1. The molecule has 3 nitrogen and oxygen atoms in total. The molecule has 1 N–H and O–H groups in total. The molecule has 1 fully saturated rings. The maximum atomic E-state index is 11.4. The van der Waals surface area contributed by atoms with Crippen LogP contribution in [0.2, 0.25) is 0 Å². The lowest BCUT2D eigenvalue weighted by molar-refractivity contribution is -0.114. The van der Waals surface area contributed by atoms with E-state index in [9.17, 15) is 4.79 Å². The van der Waals surface area contributed by atoms with Gasteiger partial charge < -0.3 is 9.88 Å². The number of aromatic amines is 1. The number of ketones is 1. The van der Waals surface area contributed by atoms with E-state index in [0.717, 1.165) is 12.0 Å². The highest BCUT2D eigenvalue weighted by molar-refractivity contribution is 5.94. The fourth-order valence-electron chi connectivity index (χ4n) is 3.27. The van der Waals surface area contributed by atoms with Crippen molar-refractivity contribution in [1.29, 1.82) is 0 Å². The molecular weight excluding hydrogens is 272 g/mol. The van der Waals surface area contributed by atoms with Crippen LogP contribution in [0, 0.1) is 0 Å². The molecule has 1 saturated heterocycles. The van der Waals surface area contributed by atoms with E-state index in [2.05, 4.69) is 41.3 Å². The van der Waals surface area contributed by atoms with E-state index in [-0.39, 0.29) is 5.78 Å².